The molecule has 0 saturated carbocycles. The van der Waals surface area contributed by atoms with Gasteiger partial charge in [0.25, 0.3) is 0 Å². The molecule has 1 atom stereocenters. The largest absolute Gasteiger partial charge is 0.327 e. The van der Waals surface area contributed by atoms with Crippen LogP contribution in [0.2, 0.25) is 5.02 Å². The van der Waals surface area contributed by atoms with Gasteiger partial charge >= 0.3 is 0 Å². The molecule has 0 fully saturated rings. The molecule has 4 heteroatoms. The minimum atomic E-state index is -0.309. The summed E-state index contributed by atoms with van der Waals surface area (Å²) >= 11 is 7.72. The van der Waals surface area contributed by atoms with Gasteiger partial charge in [-0.2, -0.15) is 0 Å². The molecule has 1 nitrogen and oxygen atoms in total. The summed E-state index contributed by atoms with van der Waals surface area (Å²) in [5, 5.41) is 2.53. The molecule has 0 amide bonds. The van der Waals surface area contributed by atoms with Crippen molar-refractivity contribution in [2.75, 3.05) is 0 Å². The lowest BCUT2D eigenvalue weighted by Crippen LogP contribution is -2.23. The number of benzene rings is 1. The Morgan fingerprint density at radius 1 is 1.33 bits per heavy atom. The Hall–Kier alpha value is -0.900. The monoisotopic (exact) mass is 283 g/mol. The van der Waals surface area contributed by atoms with Crippen LogP contribution < -0.4 is 5.73 Å². The minimum absolute atomic E-state index is 0.0510. The second-order valence-corrected chi connectivity index (χ2v) is 5.76. The molecular weight excluding hydrogens is 269 g/mol. The van der Waals surface area contributed by atoms with E-state index in [0.29, 0.717) is 11.4 Å². The van der Waals surface area contributed by atoms with Gasteiger partial charge in [0.15, 0.2) is 0 Å². The Morgan fingerprint density at radius 3 is 2.83 bits per heavy atom. The first kappa shape index (κ1) is 13.5. The maximum Gasteiger partial charge on any atom is 0.124 e. The van der Waals surface area contributed by atoms with Crippen molar-refractivity contribution in [2.24, 2.45) is 5.73 Å². The molecule has 0 radical (unpaired) electrons. The van der Waals surface area contributed by atoms with Crippen LogP contribution in [0.3, 0.4) is 0 Å². The van der Waals surface area contributed by atoms with E-state index in [1.165, 1.54) is 17.0 Å². The number of aryl methyl sites for hydroxylation is 1. The van der Waals surface area contributed by atoms with Gasteiger partial charge in [0.1, 0.15) is 5.82 Å². The Balaban J connectivity index is 1.88. The van der Waals surface area contributed by atoms with Crippen molar-refractivity contribution in [3.8, 4) is 0 Å². The zero-order valence-corrected chi connectivity index (χ0v) is 11.5. The highest BCUT2D eigenvalue weighted by Crippen LogP contribution is 2.20. The van der Waals surface area contributed by atoms with Crippen LogP contribution in [-0.2, 0) is 12.8 Å². The summed E-state index contributed by atoms with van der Waals surface area (Å²) in [5.74, 6) is -0.309. The molecule has 96 valence electrons. The summed E-state index contributed by atoms with van der Waals surface area (Å²) in [6.45, 7) is 0. The summed E-state index contributed by atoms with van der Waals surface area (Å²) in [5.41, 5.74) is 7.00. The predicted molar refractivity (Wildman–Crippen MR) is 75.7 cm³/mol. The van der Waals surface area contributed by atoms with E-state index in [1.54, 1.807) is 17.4 Å². The van der Waals surface area contributed by atoms with Crippen LogP contribution in [0.1, 0.15) is 16.9 Å². The molecular formula is C14H15ClFNS. The van der Waals surface area contributed by atoms with Gasteiger partial charge in [0.05, 0.1) is 0 Å². The van der Waals surface area contributed by atoms with Gasteiger partial charge in [-0.1, -0.05) is 23.7 Å². The summed E-state index contributed by atoms with van der Waals surface area (Å²) in [4.78, 5) is 1.34. The molecule has 0 aliphatic heterocycles. The Morgan fingerprint density at radius 2 is 2.17 bits per heavy atom. The highest BCUT2D eigenvalue weighted by atomic mass is 35.5. The van der Waals surface area contributed by atoms with Gasteiger partial charge < -0.3 is 5.73 Å². The third-order valence-electron chi connectivity index (χ3n) is 2.84. The van der Waals surface area contributed by atoms with Crippen LogP contribution in [0.5, 0.6) is 0 Å². The number of halogens is 2. The lowest BCUT2D eigenvalue weighted by Gasteiger charge is -2.12. The Bertz CT molecular complexity index is 499. The van der Waals surface area contributed by atoms with E-state index in [4.69, 9.17) is 17.3 Å². The third kappa shape index (κ3) is 3.80. The topological polar surface area (TPSA) is 26.0 Å². The van der Waals surface area contributed by atoms with E-state index in [1.807, 2.05) is 6.07 Å². The van der Waals surface area contributed by atoms with Gasteiger partial charge in [0.2, 0.25) is 0 Å². The first-order chi connectivity index (χ1) is 8.65. The maximum atomic E-state index is 12.9. The highest BCUT2D eigenvalue weighted by molar-refractivity contribution is 7.09. The number of hydrogen-bond acceptors (Lipinski definition) is 2. The fourth-order valence-corrected chi connectivity index (χ4v) is 2.82. The molecule has 18 heavy (non-hydrogen) atoms. The lowest BCUT2D eigenvalue weighted by molar-refractivity contribution is 0.607. The van der Waals surface area contributed by atoms with Crippen LogP contribution in [0.4, 0.5) is 4.39 Å². The predicted octanol–water partition coefficient (Wildman–Crippen LogP) is 4.04. The van der Waals surface area contributed by atoms with Gasteiger partial charge in [-0.05, 0) is 48.4 Å². The van der Waals surface area contributed by atoms with Crippen molar-refractivity contribution in [1.29, 1.82) is 0 Å². The average Bonchev–Trinajstić information content (AvgIpc) is 2.83. The SMILES string of the molecule is NC(CCc1cccs1)Cc1ccc(F)cc1Cl. The van der Waals surface area contributed by atoms with Crippen molar-refractivity contribution in [1.82, 2.24) is 0 Å². The normalized spacial score (nSPS) is 12.6. The summed E-state index contributed by atoms with van der Waals surface area (Å²) in [6.07, 6.45) is 2.58. The molecule has 0 aliphatic carbocycles. The van der Waals surface area contributed by atoms with E-state index in [9.17, 15) is 4.39 Å². The molecule has 0 bridgehead atoms. The zero-order chi connectivity index (χ0) is 13.0. The molecule has 0 aliphatic rings. The van der Waals surface area contributed by atoms with E-state index >= 15 is 0 Å². The Kier molecular flexibility index (Phi) is 4.75. The minimum Gasteiger partial charge on any atom is -0.327 e. The number of nitrogens with two attached hydrogens (primary N) is 1. The number of thiophene rings is 1. The zero-order valence-electron chi connectivity index (χ0n) is 9.90. The van der Waals surface area contributed by atoms with Crippen molar-refractivity contribution >= 4 is 22.9 Å². The molecule has 0 spiro atoms. The fourth-order valence-electron chi connectivity index (χ4n) is 1.85. The molecule has 2 rings (SSSR count). The van der Waals surface area contributed by atoms with Gasteiger partial charge in [0, 0.05) is 15.9 Å². The first-order valence-corrected chi connectivity index (χ1v) is 7.13. The quantitative estimate of drug-likeness (QED) is 0.880. The highest BCUT2D eigenvalue weighted by Gasteiger charge is 2.08. The smallest absolute Gasteiger partial charge is 0.124 e. The standard InChI is InChI=1S/C14H15ClFNS/c15-14-9-11(16)4-3-10(14)8-12(17)5-6-13-2-1-7-18-13/h1-4,7,9,12H,5-6,8,17H2. The summed E-state index contributed by atoms with van der Waals surface area (Å²) < 4.78 is 12.9. The lowest BCUT2D eigenvalue weighted by atomic mass is 10.0. The average molecular weight is 284 g/mol. The Labute approximate surface area is 115 Å². The second-order valence-electron chi connectivity index (χ2n) is 4.32. The van der Waals surface area contributed by atoms with Crippen LogP contribution in [0, 0.1) is 5.82 Å². The van der Waals surface area contributed by atoms with Crippen LogP contribution in [-0.4, -0.2) is 6.04 Å². The van der Waals surface area contributed by atoms with Gasteiger partial charge in [-0.25, -0.2) is 4.39 Å². The maximum absolute atomic E-state index is 12.9. The second kappa shape index (κ2) is 6.32. The number of hydrogen-bond donors (Lipinski definition) is 1. The molecule has 1 aromatic heterocycles. The molecule has 1 aromatic carbocycles. The van der Waals surface area contributed by atoms with Gasteiger partial charge in [-0.3, -0.25) is 0 Å². The van der Waals surface area contributed by atoms with E-state index in [-0.39, 0.29) is 11.9 Å². The fraction of sp³-hybridized carbons (Fsp3) is 0.286. The molecule has 1 heterocycles. The summed E-state index contributed by atoms with van der Waals surface area (Å²) in [7, 11) is 0. The van der Waals surface area contributed by atoms with Gasteiger partial charge in [-0.15, -0.1) is 11.3 Å². The number of rotatable bonds is 5. The molecule has 1 unspecified atom stereocenters. The first-order valence-electron chi connectivity index (χ1n) is 5.87. The van der Waals surface area contributed by atoms with Crippen molar-refractivity contribution in [3.05, 3.63) is 57.0 Å². The third-order valence-corrected chi connectivity index (χ3v) is 4.13. The van der Waals surface area contributed by atoms with Crippen LogP contribution >= 0.6 is 22.9 Å². The molecule has 2 N–H and O–H groups in total. The van der Waals surface area contributed by atoms with Crippen molar-refractivity contribution in [2.45, 2.75) is 25.3 Å². The van der Waals surface area contributed by atoms with Crippen LogP contribution in [0.15, 0.2) is 35.7 Å². The van der Waals surface area contributed by atoms with Crippen molar-refractivity contribution < 1.29 is 4.39 Å². The van der Waals surface area contributed by atoms with E-state index < -0.39 is 0 Å². The van der Waals surface area contributed by atoms with E-state index in [0.717, 1.165) is 18.4 Å². The molecule has 2 aromatic rings. The van der Waals surface area contributed by atoms with Crippen molar-refractivity contribution in [3.63, 3.8) is 0 Å². The van der Waals surface area contributed by atoms with E-state index in [2.05, 4.69) is 11.4 Å². The van der Waals surface area contributed by atoms with Crippen LogP contribution in [0.25, 0.3) is 0 Å². The molecule has 0 saturated heterocycles. The summed E-state index contributed by atoms with van der Waals surface area (Å²) in [6, 6.07) is 8.68.